The second kappa shape index (κ2) is 9.56. The van der Waals surface area contributed by atoms with Crippen LogP contribution < -0.4 is 10.6 Å². The van der Waals surface area contributed by atoms with E-state index in [0.29, 0.717) is 28.3 Å². The van der Waals surface area contributed by atoms with Crippen molar-refractivity contribution in [3.63, 3.8) is 0 Å². The summed E-state index contributed by atoms with van der Waals surface area (Å²) in [6, 6.07) is 7.13. The predicted molar refractivity (Wildman–Crippen MR) is 131 cm³/mol. The molecule has 3 aromatic rings. The van der Waals surface area contributed by atoms with Gasteiger partial charge in [-0.1, -0.05) is 6.92 Å². The Balaban J connectivity index is 1.66. The number of aromatic nitrogens is 2. The summed E-state index contributed by atoms with van der Waals surface area (Å²) in [6.07, 6.45) is 8.51. The topological polar surface area (TPSA) is 72.1 Å². The number of rotatable bonds is 6. The molecule has 2 N–H and O–H groups in total. The van der Waals surface area contributed by atoms with Gasteiger partial charge in [0.15, 0.2) is 5.78 Å². The quantitative estimate of drug-likeness (QED) is 0.520. The van der Waals surface area contributed by atoms with Gasteiger partial charge >= 0.3 is 0 Å². The van der Waals surface area contributed by atoms with Crippen molar-refractivity contribution in [1.82, 2.24) is 9.97 Å². The molecule has 4 rings (SSSR count). The summed E-state index contributed by atoms with van der Waals surface area (Å²) >= 11 is 0. The zero-order chi connectivity index (χ0) is 23.7. The molecular formula is C27H33FN4O. The fourth-order valence-corrected chi connectivity index (χ4v) is 5.05. The van der Waals surface area contributed by atoms with Crippen molar-refractivity contribution in [3.05, 3.63) is 65.4 Å². The number of carbonyl (C=O) groups is 1. The van der Waals surface area contributed by atoms with E-state index in [1.54, 1.807) is 30.7 Å². The van der Waals surface area contributed by atoms with Crippen LogP contribution in [0.2, 0.25) is 0 Å². The summed E-state index contributed by atoms with van der Waals surface area (Å²) in [4.78, 5) is 24.2. The van der Waals surface area contributed by atoms with Gasteiger partial charge in [0, 0.05) is 48.9 Å². The zero-order valence-electron chi connectivity index (χ0n) is 19.9. The summed E-state index contributed by atoms with van der Waals surface area (Å²) in [7, 11) is 1.95. The Hall–Kier alpha value is -2.86. The summed E-state index contributed by atoms with van der Waals surface area (Å²) in [5.74, 6) is 0.422. The Kier molecular flexibility index (Phi) is 6.75. The summed E-state index contributed by atoms with van der Waals surface area (Å²) in [5, 5.41) is 0.365. The first-order chi connectivity index (χ1) is 15.7. The monoisotopic (exact) mass is 448 g/mol. The predicted octanol–water partition coefficient (Wildman–Crippen LogP) is 5.27. The van der Waals surface area contributed by atoms with Crippen molar-refractivity contribution in [1.29, 1.82) is 0 Å². The van der Waals surface area contributed by atoms with Crippen molar-refractivity contribution < 1.29 is 9.18 Å². The van der Waals surface area contributed by atoms with Gasteiger partial charge in [0.25, 0.3) is 0 Å². The molecule has 174 valence electrons. The fourth-order valence-electron chi connectivity index (χ4n) is 5.05. The van der Waals surface area contributed by atoms with E-state index >= 15 is 0 Å². The molecule has 2 aromatic heterocycles. The van der Waals surface area contributed by atoms with Gasteiger partial charge in [0.05, 0.1) is 17.4 Å². The first-order valence-electron chi connectivity index (χ1n) is 11.8. The number of nitrogens with two attached hydrogens (primary N) is 1. The van der Waals surface area contributed by atoms with E-state index in [1.165, 1.54) is 6.07 Å². The van der Waals surface area contributed by atoms with E-state index in [2.05, 4.69) is 30.7 Å². The molecule has 0 bridgehead atoms. The van der Waals surface area contributed by atoms with Gasteiger partial charge < -0.3 is 10.6 Å². The minimum atomic E-state index is -0.375. The SMILES string of the molecule is CC(C)N(C)c1cnc2c(C(=O)Cc3cnccc3[C@@H]3C[C@H](C)C[C@H](N)C3)ccc(F)c2c1. The lowest BCUT2D eigenvalue weighted by Gasteiger charge is -2.32. The molecule has 2 heterocycles. The Morgan fingerprint density at radius 3 is 2.73 bits per heavy atom. The molecule has 33 heavy (non-hydrogen) atoms. The van der Waals surface area contributed by atoms with Gasteiger partial charge in [-0.05, 0) is 80.3 Å². The molecule has 0 amide bonds. The molecule has 3 atom stereocenters. The van der Waals surface area contributed by atoms with E-state index < -0.39 is 0 Å². The van der Waals surface area contributed by atoms with Crippen molar-refractivity contribution >= 4 is 22.4 Å². The van der Waals surface area contributed by atoms with Gasteiger partial charge in [-0.25, -0.2) is 4.39 Å². The number of hydrogen-bond donors (Lipinski definition) is 1. The van der Waals surface area contributed by atoms with Crippen LogP contribution in [0.15, 0.2) is 42.9 Å². The van der Waals surface area contributed by atoms with Crippen molar-refractivity contribution in [2.24, 2.45) is 11.7 Å². The van der Waals surface area contributed by atoms with Crippen LogP contribution in [0.25, 0.3) is 10.9 Å². The highest BCUT2D eigenvalue weighted by Gasteiger charge is 2.27. The van der Waals surface area contributed by atoms with Gasteiger partial charge in [0.2, 0.25) is 0 Å². The van der Waals surface area contributed by atoms with E-state index in [-0.39, 0.29) is 30.1 Å². The van der Waals surface area contributed by atoms with Crippen LogP contribution in [0.4, 0.5) is 10.1 Å². The molecular weight excluding hydrogens is 415 g/mol. The maximum Gasteiger partial charge on any atom is 0.169 e. The molecule has 5 nitrogen and oxygen atoms in total. The van der Waals surface area contributed by atoms with E-state index in [0.717, 1.165) is 36.1 Å². The Morgan fingerprint density at radius 2 is 2.00 bits per heavy atom. The zero-order valence-corrected chi connectivity index (χ0v) is 19.9. The van der Waals surface area contributed by atoms with Crippen LogP contribution in [0.1, 0.15) is 67.4 Å². The first kappa shape index (κ1) is 23.3. The summed E-state index contributed by atoms with van der Waals surface area (Å²) in [6.45, 7) is 6.36. The van der Waals surface area contributed by atoms with Crippen LogP contribution in [-0.2, 0) is 6.42 Å². The molecule has 1 aromatic carbocycles. The van der Waals surface area contributed by atoms with Gasteiger partial charge in [-0.3, -0.25) is 14.8 Å². The molecule has 0 spiro atoms. The second-order valence-electron chi connectivity index (χ2n) is 9.83. The lowest BCUT2D eigenvalue weighted by Crippen LogP contribution is -2.31. The third-order valence-corrected chi connectivity index (χ3v) is 6.98. The van der Waals surface area contributed by atoms with Crippen molar-refractivity contribution in [2.75, 3.05) is 11.9 Å². The third-order valence-electron chi connectivity index (χ3n) is 6.98. The number of benzene rings is 1. The number of ketones is 1. The van der Waals surface area contributed by atoms with Crippen LogP contribution in [0, 0.1) is 11.7 Å². The van der Waals surface area contributed by atoms with Crippen LogP contribution in [0.3, 0.4) is 0 Å². The maximum absolute atomic E-state index is 14.7. The molecule has 0 saturated heterocycles. The molecule has 0 radical (unpaired) electrons. The normalized spacial score (nSPS) is 20.9. The molecule has 1 aliphatic carbocycles. The number of hydrogen-bond acceptors (Lipinski definition) is 5. The van der Waals surface area contributed by atoms with Crippen molar-refractivity contribution in [2.45, 2.75) is 64.5 Å². The Morgan fingerprint density at radius 1 is 1.21 bits per heavy atom. The molecule has 1 fully saturated rings. The van der Waals surface area contributed by atoms with Crippen LogP contribution in [0.5, 0.6) is 0 Å². The minimum absolute atomic E-state index is 0.0835. The average Bonchev–Trinajstić information content (AvgIpc) is 2.78. The molecule has 1 saturated carbocycles. The standard InChI is InChI=1S/C27H33FN4O/c1-16(2)32(4)21-13-24-25(28)6-5-23(27(24)31-15-21)26(33)12-19-14-30-8-7-22(19)18-9-17(3)10-20(29)11-18/h5-8,13-18,20H,9-12,29H2,1-4H3/t17-,18+,20-/m0/s1. The molecule has 0 aliphatic heterocycles. The van der Waals surface area contributed by atoms with Crippen molar-refractivity contribution in [3.8, 4) is 0 Å². The van der Waals surface area contributed by atoms with Gasteiger partial charge in [-0.15, -0.1) is 0 Å². The second-order valence-corrected chi connectivity index (χ2v) is 9.83. The lowest BCUT2D eigenvalue weighted by atomic mass is 9.75. The largest absolute Gasteiger partial charge is 0.371 e. The molecule has 0 unspecified atom stereocenters. The number of halogens is 1. The summed E-state index contributed by atoms with van der Waals surface area (Å²) < 4.78 is 14.7. The van der Waals surface area contributed by atoms with Crippen LogP contribution in [-0.4, -0.2) is 34.9 Å². The third kappa shape index (κ3) is 4.91. The minimum Gasteiger partial charge on any atom is -0.371 e. The average molecular weight is 449 g/mol. The van der Waals surface area contributed by atoms with E-state index in [9.17, 15) is 9.18 Å². The fraction of sp³-hybridized carbons (Fsp3) is 0.444. The Labute approximate surface area is 195 Å². The number of carbonyl (C=O) groups excluding carboxylic acids is 1. The van der Waals surface area contributed by atoms with Gasteiger partial charge in [0.1, 0.15) is 5.82 Å². The highest BCUT2D eigenvalue weighted by molar-refractivity contribution is 6.08. The first-order valence-corrected chi connectivity index (χ1v) is 11.8. The number of Topliss-reactive ketones (excluding diaryl/α,β-unsaturated/α-hetero) is 1. The number of fused-ring (bicyclic) bond motifs is 1. The summed E-state index contributed by atoms with van der Waals surface area (Å²) in [5.41, 5.74) is 10.0. The lowest BCUT2D eigenvalue weighted by molar-refractivity contribution is 0.0994. The number of pyridine rings is 2. The van der Waals surface area contributed by atoms with Crippen LogP contribution >= 0.6 is 0 Å². The molecule has 1 aliphatic rings. The van der Waals surface area contributed by atoms with E-state index in [4.69, 9.17) is 5.73 Å². The molecule has 6 heteroatoms. The van der Waals surface area contributed by atoms with E-state index in [1.807, 2.05) is 18.0 Å². The highest BCUT2D eigenvalue weighted by atomic mass is 19.1. The maximum atomic E-state index is 14.7. The smallest absolute Gasteiger partial charge is 0.169 e. The number of nitrogens with zero attached hydrogens (tertiary/aromatic N) is 3. The van der Waals surface area contributed by atoms with Gasteiger partial charge in [-0.2, -0.15) is 0 Å². The number of anilines is 1. The highest BCUT2D eigenvalue weighted by Crippen LogP contribution is 2.37. The Bertz CT molecular complexity index is 1150.